The van der Waals surface area contributed by atoms with Crippen LogP contribution in [0.2, 0.25) is 0 Å². The van der Waals surface area contributed by atoms with Gasteiger partial charge < -0.3 is 9.47 Å². The van der Waals surface area contributed by atoms with Crippen molar-refractivity contribution >= 4 is 6.16 Å². The Kier molecular flexibility index (Phi) is 7.01. The number of benzene rings is 1. The van der Waals surface area contributed by atoms with Crippen LogP contribution in [0.4, 0.5) is 4.79 Å². The summed E-state index contributed by atoms with van der Waals surface area (Å²) in [6, 6.07) is 5.92. The van der Waals surface area contributed by atoms with Gasteiger partial charge in [-0.05, 0) is 42.9 Å². The average Bonchev–Trinajstić information content (AvgIpc) is 2.43. The molecule has 0 unspecified atom stereocenters. The number of hydrogen-bond acceptors (Lipinski definition) is 3. The molecule has 0 amide bonds. The third kappa shape index (κ3) is 4.93. The highest BCUT2D eigenvalue weighted by Gasteiger charge is 2.12. The second-order valence-corrected chi connectivity index (χ2v) is 4.66. The molecule has 0 aliphatic carbocycles. The van der Waals surface area contributed by atoms with Crippen LogP contribution in [0.5, 0.6) is 5.75 Å². The molecule has 0 aliphatic heterocycles. The van der Waals surface area contributed by atoms with Gasteiger partial charge in [-0.25, -0.2) is 4.79 Å². The quantitative estimate of drug-likeness (QED) is 0.536. The summed E-state index contributed by atoms with van der Waals surface area (Å²) >= 11 is 0. The minimum absolute atomic E-state index is 0.647. The van der Waals surface area contributed by atoms with Crippen molar-refractivity contribution < 1.29 is 14.3 Å². The summed E-state index contributed by atoms with van der Waals surface area (Å²) < 4.78 is 9.82. The topological polar surface area (TPSA) is 35.5 Å². The maximum atomic E-state index is 11.3. The van der Waals surface area contributed by atoms with Gasteiger partial charge in [0.1, 0.15) is 5.75 Å². The van der Waals surface area contributed by atoms with E-state index in [1.165, 1.54) is 12.7 Å². The molecule has 0 heterocycles. The maximum absolute atomic E-state index is 11.3. The van der Waals surface area contributed by atoms with E-state index in [-0.39, 0.29) is 0 Å². The van der Waals surface area contributed by atoms with Crippen molar-refractivity contribution in [3.05, 3.63) is 29.3 Å². The summed E-state index contributed by atoms with van der Waals surface area (Å²) in [5.74, 6) is 0.647. The number of unbranched alkanes of at least 4 members (excludes halogenated alkanes) is 2. The zero-order valence-corrected chi connectivity index (χ0v) is 12.2. The second-order valence-electron chi connectivity index (χ2n) is 4.66. The van der Waals surface area contributed by atoms with E-state index in [1.54, 1.807) is 0 Å². The lowest BCUT2D eigenvalue weighted by Crippen LogP contribution is -2.10. The van der Waals surface area contributed by atoms with E-state index in [1.807, 2.05) is 12.1 Å². The lowest BCUT2D eigenvalue weighted by atomic mass is 9.97. The van der Waals surface area contributed by atoms with Gasteiger partial charge in [0.05, 0.1) is 7.11 Å². The standard InChI is InChI=1S/C16H24O3/c1-4-6-9-13-10-8-12-15(19-16(17)18-3)14(13)11-7-5-2/h8,10,12H,4-7,9,11H2,1-3H3. The molecule has 0 aliphatic rings. The number of hydrogen-bond donors (Lipinski definition) is 0. The van der Waals surface area contributed by atoms with Gasteiger partial charge in [-0.2, -0.15) is 0 Å². The highest BCUT2D eigenvalue weighted by Crippen LogP contribution is 2.26. The molecule has 0 saturated heterocycles. The van der Waals surface area contributed by atoms with Crippen LogP contribution < -0.4 is 4.74 Å². The first-order valence-corrected chi connectivity index (χ1v) is 7.09. The van der Waals surface area contributed by atoms with Crippen LogP contribution in [0.1, 0.15) is 50.7 Å². The van der Waals surface area contributed by atoms with Gasteiger partial charge in [0.25, 0.3) is 0 Å². The highest BCUT2D eigenvalue weighted by atomic mass is 16.7. The minimum atomic E-state index is -0.648. The third-order valence-electron chi connectivity index (χ3n) is 3.17. The molecule has 0 radical (unpaired) electrons. The molecule has 0 saturated carbocycles. The molecule has 0 aromatic heterocycles. The molecule has 0 N–H and O–H groups in total. The Bertz CT molecular complexity index is 399. The molecule has 0 fully saturated rings. The van der Waals surface area contributed by atoms with E-state index >= 15 is 0 Å². The van der Waals surface area contributed by atoms with Crippen molar-refractivity contribution in [2.75, 3.05) is 7.11 Å². The number of rotatable bonds is 7. The summed E-state index contributed by atoms with van der Waals surface area (Å²) in [4.78, 5) is 11.3. The fourth-order valence-corrected chi connectivity index (χ4v) is 2.08. The first kappa shape index (κ1) is 15.5. The van der Waals surface area contributed by atoms with E-state index in [9.17, 15) is 4.79 Å². The first-order chi connectivity index (χ1) is 9.22. The fourth-order valence-electron chi connectivity index (χ4n) is 2.08. The minimum Gasteiger partial charge on any atom is -0.437 e. The van der Waals surface area contributed by atoms with Crippen molar-refractivity contribution in [3.8, 4) is 5.75 Å². The Labute approximate surface area is 115 Å². The number of carbonyl (C=O) groups excluding carboxylic acids is 1. The van der Waals surface area contributed by atoms with Gasteiger partial charge in [0, 0.05) is 0 Å². The van der Waals surface area contributed by atoms with Gasteiger partial charge in [-0.3, -0.25) is 0 Å². The molecule has 0 spiro atoms. The summed E-state index contributed by atoms with van der Waals surface area (Å²) in [6.45, 7) is 4.34. The summed E-state index contributed by atoms with van der Waals surface area (Å²) in [7, 11) is 1.33. The van der Waals surface area contributed by atoms with Gasteiger partial charge in [-0.15, -0.1) is 0 Å². The van der Waals surface area contributed by atoms with Crippen LogP contribution in [0, 0.1) is 0 Å². The second kappa shape index (κ2) is 8.57. The largest absolute Gasteiger partial charge is 0.513 e. The molecule has 106 valence electrons. The number of carbonyl (C=O) groups is 1. The van der Waals surface area contributed by atoms with Crippen molar-refractivity contribution in [2.45, 2.75) is 52.4 Å². The molecule has 0 bridgehead atoms. The lowest BCUT2D eigenvalue weighted by Gasteiger charge is -2.14. The van der Waals surface area contributed by atoms with Crippen LogP contribution in [-0.2, 0) is 17.6 Å². The number of methoxy groups -OCH3 is 1. The number of ether oxygens (including phenoxy) is 2. The van der Waals surface area contributed by atoms with E-state index in [2.05, 4.69) is 24.7 Å². The Morgan fingerprint density at radius 2 is 1.79 bits per heavy atom. The van der Waals surface area contributed by atoms with Crippen LogP contribution >= 0.6 is 0 Å². The number of aryl methyl sites for hydroxylation is 1. The van der Waals surface area contributed by atoms with E-state index < -0.39 is 6.16 Å². The third-order valence-corrected chi connectivity index (χ3v) is 3.17. The van der Waals surface area contributed by atoms with Crippen molar-refractivity contribution in [2.24, 2.45) is 0 Å². The van der Waals surface area contributed by atoms with Crippen molar-refractivity contribution in [3.63, 3.8) is 0 Å². The summed E-state index contributed by atoms with van der Waals surface area (Å²) in [6.07, 6.45) is 5.87. The van der Waals surface area contributed by atoms with Crippen molar-refractivity contribution in [1.29, 1.82) is 0 Å². The predicted molar refractivity (Wildman–Crippen MR) is 76.7 cm³/mol. The van der Waals surface area contributed by atoms with Crippen molar-refractivity contribution in [1.82, 2.24) is 0 Å². The monoisotopic (exact) mass is 264 g/mol. The molecule has 3 heteroatoms. The summed E-state index contributed by atoms with van der Waals surface area (Å²) in [5, 5.41) is 0. The van der Waals surface area contributed by atoms with Crippen LogP contribution in [0.25, 0.3) is 0 Å². The van der Waals surface area contributed by atoms with Crippen LogP contribution in [0.15, 0.2) is 18.2 Å². The molecular formula is C16H24O3. The van der Waals surface area contributed by atoms with E-state index in [4.69, 9.17) is 4.74 Å². The van der Waals surface area contributed by atoms with Gasteiger partial charge in [-0.1, -0.05) is 38.8 Å². The Hall–Kier alpha value is -1.51. The van der Waals surface area contributed by atoms with Gasteiger partial charge in [0.15, 0.2) is 0 Å². The molecule has 1 rings (SSSR count). The van der Waals surface area contributed by atoms with Crippen LogP contribution in [0.3, 0.4) is 0 Å². The molecule has 1 aromatic rings. The average molecular weight is 264 g/mol. The van der Waals surface area contributed by atoms with Gasteiger partial charge >= 0.3 is 6.16 Å². The Morgan fingerprint density at radius 1 is 1.11 bits per heavy atom. The van der Waals surface area contributed by atoms with E-state index in [0.29, 0.717) is 5.75 Å². The smallest absolute Gasteiger partial charge is 0.437 e. The lowest BCUT2D eigenvalue weighted by molar-refractivity contribution is 0.121. The molecular weight excluding hydrogens is 240 g/mol. The molecule has 19 heavy (non-hydrogen) atoms. The normalized spacial score (nSPS) is 10.3. The highest BCUT2D eigenvalue weighted by molar-refractivity contribution is 5.64. The maximum Gasteiger partial charge on any atom is 0.513 e. The molecule has 3 nitrogen and oxygen atoms in total. The SMILES string of the molecule is CCCCc1cccc(OC(=O)OC)c1CCCC. The zero-order valence-electron chi connectivity index (χ0n) is 12.2. The predicted octanol–water partition coefficient (Wildman–Crippen LogP) is 4.52. The first-order valence-electron chi connectivity index (χ1n) is 7.09. The Morgan fingerprint density at radius 3 is 2.42 bits per heavy atom. The Balaban J connectivity index is 2.95. The fraction of sp³-hybridized carbons (Fsp3) is 0.562. The van der Waals surface area contributed by atoms with Gasteiger partial charge in [0.2, 0.25) is 0 Å². The molecule has 0 atom stereocenters. The van der Waals surface area contributed by atoms with Crippen LogP contribution in [-0.4, -0.2) is 13.3 Å². The zero-order chi connectivity index (χ0) is 14.1. The summed E-state index contributed by atoms with van der Waals surface area (Å²) in [5.41, 5.74) is 2.44. The molecule has 1 aromatic carbocycles. The van der Waals surface area contributed by atoms with E-state index in [0.717, 1.165) is 44.1 Å².